The van der Waals surface area contributed by atoms with Gasteiger partial charge in [0.1, 0.15) is 11.5 Å². The Kier molecular flexibility index (Phi) is 6.27. The highest BCUT2D eigenvalue weighted by Crippen LogP contribution is 2.28. The summed E-state index contributed by atoms with van der Waals surface area (Å²) < 4.78 is 13.3. The van der Waals surface area contributed by atoms with E-state index in [9.17, 15) is 0 Å². The zero-order chi connectivity index (χ0) is 20.1. The van der Waals surface area contributed by atoms with Gasteiger partial charge in [-0.3, -0.25) is 4.68 Å². The minimum Gasteiger partial charge on any atom is -0.457 e. The minimum atomic E-state index is 0.725. The van der Waals surface area contributed by atoms with Crippen molar-refractivity contribution in [3.63, 3.8) is 0 Å². The van der Waals surface area contributed by atoms with Crippen LogP contribution in [-0.4, -0.2) is 41.5 Å². The fourth-order valence-corrected chi connectivity index (χ4v) is 3.93. The second-order valence-corrected chi connectivity index (χ2v) is 7.87. The number of hydrogen-bond acceptors (Lipinski definition) is 4. The van der Waals surface area contributed by atoms with Crippen molar-refractivity contribution in [2.24, 2.45) is 13.0 Å². The predicted octanol–water partition coefficient (Wildman–Crippen LogP) is 4.74. The molecular formula is C24H29N3O2. The number of aryl methyl sites for hydroxylation is 1. The van der Waals surface area contributed by atoms with Crippen molar-refractivity contribution in [3.05, 3.63) is 66.4 Å². The number of rotatable bonds is 7. The van der Waals surface area contributed by atoms with E-state index >= 15 is 0 Å². The first-order chi connectivity index (χ1) is 14.2. The van der Waals surface area contributed by atoms with Gasteiger partial charge in [-0.05, 0) is 62.2 Å². The standard InChI is InChI=1S/C24H29N3O2/c1-26(16-19-12-14-28-15-13-19)17-21-18-27(2)25-24(21)20-8-10-23(11-9-20)29-22-6-4-3-5-7-22/h3-11,18-19H,12-17H2,1-2H3. The largest absolute Gasteiger partial charge is 0.457 e. The summed E-state index contributed by atoms with van der Waals surface area (Å²) in [5, 5.41) is 4.72. The van der Waals surface area contributed by atoms with E-state index in [2.05, 4.69) is 30.3 Å². The lowest BCUT2D eigenvalue weighted by Crippen LogP contribution is -2.29. The fraction of sp³-hybridized carbons (Fsp3) is 0.375. The van der Waals surface area contributed by atoms with Crippen molar-refractivity contribution >= 4 is 0 Å². The van der Waals surface area contributed by atoms with Gasteiger partial charge < -0.3 is 14.4 Å². The average Bonchev–Trinajstić information content (AvgIpc) is 3.10. The highest BCUT2D eigenvalue weighted by atomic mass is 16.5. The Morgan fingerprint density at radius 3 is 2.45 bits per heavy atom. The third-order valence-electron chi connectivity index (χ3n) is 5.36. The van der Waals surface area contributed by atoms with Crippen molar-refractivity contribution < 1.29 is 9.47 Å². The van der Waals surface area contributed by atoms with Crippen LogP contribution < -0.4 is 4.74 Å². The zero-order valence-corrected chi connectivity index (χ0v) is 17.3. The molecule has 2 heterocycles. The van der Waals surface area contributed by atoms with Crippen LogP contribution in [0.5, 0.6) is 11.5 Å². The van der Waals surface area contributed by atoms with E-state index in [0.29, 0.717) is 0 Å². The molecule has 0 unspecified atom stereocenters. The summed E-state index contributed by atoms with van der Waals surface area (Å²) >= 11 is 0. The van der Waals surface area contributed by atoms with Gasteiger partial charge >= 0.3 is 0 Å². The molecule has 1 fully saturated rings. The van der Waals surface area contributed by atoms with Crippen molar-refractivity contribution in [1.82, 2.24) is 14.7 Å². The lowest BCUT2D eigenvalue weighted by atomic mass is 9.99. The summed E-state index contributed by atoms with van der Waals surface area (Å²) in [4.78, 5) is 2.41. The Bertz CT molecular complexity index is 900. The maximum atomic E-state index is 5.91. The normalized spacial score (nSPS) is 15.0. The number of nitrogens with zero attached hydrogens (tertiary/aromatic N) is 3. The average molecular weight is 392 g/mol. The van der Waals surface area contributed by atoms with Crippen LogP contribution in [0.15, 0.2) is 60.8 Å². The SMILES string of the molecule is CN(Cc1cn(C)nc1-c1ccc(Oc2ccccc2)cc1)CC1CCOCC1. The number of hydrogen-bond donors (Lipinski definition) is 0. The molecule has 1 saturated heterocycles. The molecule has 0 atom stereocenters. The molecule has 152 valence electrons. The van der Waals surface area contributed by atoms with Gasteiger partial charge in [-0.25, -0.2) is 0 Å². The van der Waals surface area contributed by atoms with E-state index in [0.717, 1.165) is 67.8 Å². The molecule has 5 heteroatoms. The van der Waals surface area contributed by atoms with Crippen LogP contribution in [0.25, 0.3) is 11.3 Å². The van der Waals surface area contributed by atoms with Crippen LogP contribution in [-0.2, 0) is 18.3 Å². The monoisotopic (exact) mass is 391 g/mol. The molecule has 1 aliphatic heterocycles. The summed E-state index contributed by atoms with van der Waals surface area (Å²) in [6.07, 6.45) is 4.45. The van der Waals surface area contributed by atoms with E-state index in [-0.39, 0.29) is 0 Å². The van der Waals surface area contributed by atoms with Gasteiger partial charge in [0.05, 0.1) is 5.69 Å². The molecule has 0 N–H and O–H groups in total. The molecule has 1 aliphatic rings. The van der Waals surface area contributed by atoms with Crippen LogP contribution >= 0.6 is 0 Å². The van der Waals surface area contributed by atoms with Crippen molar-refractivity contribution in [2.45, 2.75) is 19.4 Å². The van der Waals surface area contributed by atoms with E-state index in [4.69, 9.17) is 14.6 Å². The van der Waals surface area contributed by atoms with E-state index in [1.807, 2.05) is 54.2 Å². The first kappa shape index (κ1) is 19.7. The molecule has 0 radical (unpaired) electrons. The number of aromatic nitrogens is 2. The highest BCUT2D eigenvalue weighted by Gasteiger charge is 2.18. The van der Waals surface area contributed by atoms with Gasteiger partial charge in [-0.1, -0.05) is 18.2 Å². The Labute approximate surface area is 172 Å². The van der Waals surface area contributed by atoms with Crippen LogP contribution in [0, 0.1) is 5.92 Å². The predicted molar refractivity (Wildman–Crippen MR) is 115 cm³/mol. The first-order valence-electron chi connectivity index (χ1n) is 10.3. The molecule has 2 aromatic carbocycles. The lowest BCUT2D eigenvalue weighted by molar-refractivity contribution is 0.0550. The van der Waals surface area contributed by atoms with Gasteiger partial charge in [0, 0.05) is 50.7 Å². The summed E-state index contributed by atoms with van der Waals surface area (Å²) in [6.45, 7) is 3.78. The molecule has 0 bridgehead atoms. The molecule has 29 heavy (non-hydrogen) atoms. The van der Waals surface area contributed by atoms with Gasteiger partial charge in [-0.2, -0.15) is 5.10 Å². The van der Waals surface area contributed by atoms with Gasteiger partial charge in [0.15, 0.2) is 0 Å². The Morgan fingerprint density at radius 1 is 1.03 bits per heavy atom. The molecule has 0 amide bonds. The molecule has 0 spiro atoms. The van der Waals surface area contributed by atoms with Gasteiger partial charge in [0.25, 0.3) is 0 Å². The maximum Gasteiger partial charge on any atom is 0.127 e. The Hall–Kier alpha value is -2.63. The van der Waals surface area contributed by atoms with Crippen molar-refractivity contribution in [2.75, 3.05) is 26.8 Å². The zero-order valence-electron chi connectivity index (χ0n) is 17.3. The second kappa shape index (κ2) is 9.25. The van der Waals surface area contributed by atoms with E-state index < -0.39 is 0 Å². The Balaban J connectivity index is 1.44. The summed E-state index contributed by atoms with van der Waals surface area (Å²) in [7, 11) is 4.18. The molecular weight excluding hydrogens is 362 g/mol. The minimum absolute atomic E-state index is 0.725. The molecule has 5 nitrogen and oxygen atoms in total. The van der Waals surface area contributed by atoms with Crippen LogP contribution in [0.4, 0.5) is 0 Å². The summed E-state index contributed by atoms with van der Waals surface area (Å²) in [5.41, 5.74) is 3.40. The molecule has 0 aliphatic carbocycles. The summed E-state index contributed by atoms with van der Waals surface area (Å²) in [6, 6.07) is 18.0. The van der Waals surface area contributed by atoms with Gasteiger partial charge in [-0.15, -0.1) is 0 Å². The van der Waals surface area contributed by atoms with Crippen molar-refractivity contribution in [1.29, 1.82) is 0 Å². The van der Waals surface area contributed by atoms with Gasteiger partial charge in [0.2, 0.25) is 0 Å². The highest BCUT2D eigenvalue weighted by molar-refractivity contribution is 5.63. The Morgan fingerprint density at radius 2 is 1.72 bits per heavy atom. The van der Waals surface area contributed by atoms with E-state index in [1.54, 1.807) is 0 Å². The first-order valence-corrected chi connectivity index (χ1v) is 10.3. The smallest absolute Gasteiger partial charge is 0.127 e. The molecule has 4 rings (SSSR count). The lowest BCUT2D eigenvalue weighted by Gasteiger charge is -2.27. The number of benzene rings is 2. The fourth-order valence-electron chi connectivity index (χ4n) is 3.93. The molecule has 0 saturated carbocycles. The van der Waals surface area contributed by atoms with E-state index in [1.165, 1.54) is 5.56 Å². The maximum absolute atomic E-state index is 5.91. The number of ether oxygens (including phenoxy) is 2. The summed E-state index contributed by atoms with van der Waals surface area (Å²) in [5.74, 6) is 2.39. The topological polar surface area (TPSA) is 39.5 Å². The van der Waals surface area contributed by atoms with Crippen LogP contribution in [0.2, 0.25) is 0 Å². The molecule has 1 aromatic heterocycles. The number of para-hydroxylation sites is 1. The third kappa shape index (κ3) is 5.25. The van der Waals surface area contributed by atoms with Crippen LogP contribution in [0.3, 0.4) is 0 Å². The third-order valence-corrected chi connectivity index (χ3v) is 5.36. The second-order valence-electron chi connectivity index (χ2n) is 7.87. The molecule has 3 aromatic rings. The van der Waals surface area contributed by atoms with Crippen LogP contribution in [0.1, 0.15) is 18.4 Å². The quantitative estimate of drug-likeness (QED) is 0.583. The van der Waals surface area contributed by atoms with Crippen molar-refractivity contribution in [3.8, 4) is 22.8 Å².